The van der Waals surface area contributed by atoms with Crippen molar-refractivity contribution in [2.45, 2.75) is 13.5 Å². The van der Waals surface area contributed by atoms with Crippen LogP contribution in [0.3, 0.4) is 0 Å². The van der Waals surface area contributed by atoms with E-state index in [-0.39, 0.29) is 5.69 Å². The minimum atomic E-state index is -0.427. The highest BCUT2D eigenvalue weighted by atomic mass is 16.6. The fourth-order valence-corrected chi connectivity index (χ4v) is 1.44. The van der Waals surface area contributed by atoms with Gasteiger partial charge >= 0.3 is 0 Å². The third kappa shape index (κ3) is 2.60. The minimum Gasteiger partial charge on any atom is -0.444 e. The third-order valence-corrected chi connectivity index (χ3v) is 2.20. The summed E-state index contributed by atoms with van der Waals surface area (Å²) < 4.78 is 5.26. The van der Waals surface area contributed by atoms with Crippen molar-refractivity contribution in [2.75, 3.05) is 5.32 Å². The number of para-hydroxylation sites is 2. The lowest BCUT2D eigenvalue weighted by Crippen LogP contribution is -2.02. The summed E-state index contributed by atoms with van der Waals surface area (Å²) in [6, 6.07) is 6.45. The molecule has 0 atom stereocenters. The molecule has 0 aliphatic heterocycles. The first-order valence-electron chi connectivity index (χ1n) is 5.05. The van der Waals surface area contributed by atoms with Gasteiger partial charge in [0.15, 0.2) is 0 Å². The number of aromatic nitrogens is 1. The number of oxazole rings is 1. The Bertz CT molecular complexity index is 536. The summed E-state index contributed by atoms with van der Waals surface area (Å²) in [5, 5.41) is 13.7. The SMILES string of the molecule is Cc1cnc(CNc2ccccc2[N+](=O)[O-])o1. The van der Waals surface area contributed by atoms with E-state index < -0.39 is 4.92 Å². The highest BCUT2D eigenvalue weighted by Crippen LogP contribution is 2.23. The summed E-state index contributed by atoms with van der Waals surface area (Å²) in [5.41, 5.74) is 0.490. The van der Waals surface area contributed by atoms with Crippen LogP contribution in [0.2, 0.25) is 0 Å². The van der Waals surface area contributed by atoms with Gasteiger partial charge in [-0.1, -0.05) is 12.1 Å². The Morgan fingerprint density at radius 1 is 1.47 bits per heavy atom. The van der Waals surface area contributed by atoms with E-state index in [1.807, 2.05) is 0 Å². The summed E-state index contributed by atoms with van der Waals surface area (Å²) in [7, 11) is 0. The van der Waals surface area contributed by atoms with E-state index in [1.165, 1.54) is 6.07 Å². The molecule has 1 aromatic heterocycles. The summed E-state index contributed by atoms with van der Waals surface area (Å²) in [5.74, 6) is 1.21. The number of benzene rings is 1. The summed E-state index contributed by atoms with van der Waals surface area (Å²) in [4.78, 5) is 14.3. The number of anilines is 1. The molecule has 1 N–H and O–H groups in total. The molecule has 0 amide bonds. The fraction of sp³-hybridized carbons (Fsp3) is 0.182. The molecule has 2 rings (SSSR count). The molecule has 1 aromatic carbocycles. The van der Waals surface area contributed by atoms with Gasteiger partial charge in [-0.25, -0.2) is 4.98 Å². The molecule has 2 aromatic rings. The first kappa shape index (κ1) is 11.1. The monoisotopic (exact) mass is 233 g/mol. The van der Waals surface area contributed by atoms with Crippen molar-refractivity contribution in [3.05, 3.63) is 52.2 Å². The summed E-state index contributed by atoms with van der Waals surface area (Å²) in [6.45, 7) is 2.11. The molecule has 0 radical (unpaired) electrons. The van der Waals surface area contributed by atoms with Crippen molar-refractivity contribution in [1.82, 2.24) is 4.98 Å². The number of nitrogens with one attached hydrogen (secondary N) is 1. The summed E-state index contributed by atoms with van der Waals surface area (Å²) >= 11 is 0. The zero-order chi connectivity index (χ0) is 12.3. The zero-order valence-corrected chi connectivity index (χ0v) is 9.21. The largest absolute Gasteiger partial charge is 0.444 e. The Morgan fingerprint density at radius 2 is 2.24 bits per heavy atom. The predicted octanol–water partition coefficient (Wildman–Crippen LogP) is 2.50. The van der Waals surface area contributed by atoms with Crippen LogP contribution in [0.1, 0.15) is 11.7 Å². The van der Waals surface area contributed by atoms with E-state index >= 15 is 0 Å². The van der Waals surface area contributed by atoms with Gasteiger partial charge in [0.25, 0.3) is 5.69 Å². The van der Waals surface area contributed by atoms with Crippen molar-refractivity contribution >= 4 is 11.4 Å². The summed E-state index contributed by atoms with van der Waals surface area (Å²) in [6.07, 6.45) is 1.61. The van der Waals surface area contributed by atoms with Gasteiger partial charge in [-0.05, 0) is 13.0 Å². The predicted molar refractivity (Wildman–Crippen MR) is 61.7 cm³/mol. The topological polar surface area (TPSA) is 81.2 Å². The van der Waals surface area contributed by atoms with Crippen molar-refractivity contribution < 1.29 is 9.34 Å². The molecule has 17 heavy (non-hydrogen) atoms. The number of nitro groups is 1. The van der Waals surface area contributed by atoms with E-state index in [0.717, 1.165) is 0 Å². The Kier molecular flexibility index (Phi) is 3.04. The van der Waals surface area contributed by atoms with Crippen LogP contribution in [0.5, 0.6) is 0 Å². The number of hydrogen-bond donors (Lipinski definition) is 1. The maximum atomic E-state index is 10.8. The number of nitrogens with zero attached hydrogens (tertiary/aromatic N) is 2. The van der Waals surface area contributed by atoms with Gasteiger partial charge in [-0.15, -0.1) is 0 Å². The van der Waals surface area contributed by atoms with Crippen molar-refractivity contribution in [2.24, 2.45) is 0 Å². The number of nitro benzene ring substituents is 1. The van der Waals surface area contributed by atoms with E-state index in [9.17, 15) is 10.1 Å². The normalized spacial score (nSPS) is 10.2. The molecular weight excluding hydrogens is 222 g/mol. The second-order valence-electron chi connectivity index (χ2n) is 3.49. The van der Waals surface area contributed by atoms with Crippen LogP contribution in [0, 0.1) is 17.0 Å². The van der Waals surface area contributed by atoms with Crippen LogP contribution < -0.4 is 5.32 Å². The van der Waals surface area contributed by atoms with Gasteiger partial charge in [0.05, 0.1) is 17.7 Å². The lowest BCUT2D eigenvalue weighted by Gasteiger charge is -2.03. The molecule has 0 aliphatic rings. The van der Waals surface area contributed by atoms with E-state index in [2.05, 4.69) is 10.3 Å². The van der Waals surface area contributed by atoms with Crippen LogP contribution in [-0.2, 0) is 6.54 Å². The molecule has 6 nitrogen and oxygen atoms in total. The third-order valence-electron chi connectivity index (χ3n) is 2.20. The lowest BCUT2D eigenvalue weighted by molar-refractivity contribution is -0.384. The van der Waals surface area contributed by atoms with Crippen LogP contribution >= 0.6 is 0 Å². The number of rotatable bonds is 4. The van der Waals surface area contributed by atoms with Crippen molar-refractivity contribution in [1.29, 1.82) is 0 Å². The average molecular weight is 233 g/mol. The van der Waals surface area contributed by atoms with Gasteiger partial charge in [0.2, 0.25) is 5.89 Å². The Morgan fingerprint density at radius 3 is 2.88 bits per heavy atom. The lowest BCUT2D eigenvalue weighted by atomic mass is 10.2. The molecule has 0 bridgehead atoms. The Labute approximate surface area is 97.4 Å². The molecule has 0 saturated carbocycles. The van der Waals surface area contributed by atoms with Crippen LogP contribution in [0.4, 0.5) is 11.4 Å². The first-order valence-corrected chi connectivity index (χ1v) is 5.05. The second-order valence-corrected chi connectivity index (χ2v) is 3.49. The maximum Gasteiger partial charge on any atom is 0.292 e. The molecule has 88 valence electrons. The van der Waals surface area contributed by atoms with E-state index in [1.54, 1.807) is 31.3 Å². The quantitative estimate of drug-likeness (QED) is 0.648. The van der Waals surface area contributed by atoms with E-state index in [0.29, 0.717) is 23.9 Å². The maximum absolute atomic E-state index is 10.8. The van der Waals surface area contributed by atoms with Crippen molar-refractivity contribution in [3.63, 3.8) is 0 Å². The van der Waals surface area contributed by atoms with Crippen LogP contribution in [0.25, 0.3) is 0 Å². The van der Waals surface area contributed by atoms with Gasteiger partial charge in [0.1, 0.15) is 11.4 Å². The number of hydrogen-bond acceptors (Lipinski definition) is 5. The molecule has 0 spiro atoms. The van der Waals surface area contributed by atoms with Gasteiger partial charge in [-0.3, -0.25) is 10.1 Å². The highest BCUT2D eigenvalue weighted by molar-refractivity contribution is 5.60. The van der Waals surface area contributed by atoms with E-state index in [4.69, 9.17) is 4.42 Å². The standard InChI is InChI=1S/C11H11N3O3/c1-8-6-13-11(17-8)7-12-9-4-2-3-5-10(9)14(15)16/h2-6,12H,7H2,1H3. The zero-order valence-electron chi connectivity index (χ0n) is 9.21. The second kappa shape index (κ2) is 4.65. The molecule has 6 heteroatoms. The highest BCUT2D eigenvalue weighted by Gasteiger charge is 2.12. The molecule has 0 fully saturated rings. The van der Waals surface area contributed by atoms with Gasteiger partial charge in [0, 0.05) is 6.07 Å². The first-order chi connectivity index (χ1) is 8.16. The molecular formula is C11H11N3O3. The fourth-order valence-electron chi connectivity index (χ4n) is 1.44. The molecule has 1 heterocycles. The Balaban J connectivity index is 2.11. The minimum absolute atomic E-state index is 0.0378. The molecule has 0 aliphatic carbocycles. The van der Waals surface area contributed by atoms with Gasteiger partial charge < -0.3 is 9.73 Å². The smallest absolute Gasteiger partial charge is 0.292 e. The van der Waals surface area contributed by atoms with Crippen molar-refractivity contribution in [3.8, 4) is 0 Å². The number of aryl methyl sites for hydroxylation is 1. The average Bonchev–Trinajstić information content (AvgIpc) is 2.73. The Hall–Kier alpha value is -2.37. The molecule has 0 saturated heterocycles. The van der Waals surface area contributed by atoms with Crippen LogP contribution in [-0.4, -0.2) is 9.91 Å². The van der Waals surface area contributed by atoms with Gasteiger partial charge in [-0.2, -0.15) is 0 Å². The van der Waals surface area contributed by atoms with Crippen LogP contribution in [0.15, 0.2) is 34.9 Å². The molecule has 0 unspecified atom stereocenters.